The van der Waals surface area contributed by atoms with E-state index in [4.69, 9.17) is 9.97 Å². The average Bonchev–Trinajstić information content (AvgIpc) is 3.32. The molecule has 6 rings (SSSR count). The summed E-state index contributed by atoms with van der Waals surface area (Å²) in [5.41, 5.74) is 6.28. The Labute approximate surface area is 253 Å². The molecule has 1 saturated heterocycles. The van der Waals surface area contributed by atoms with Gasteiger partial charge in [0.1, 0.15) is 5.82 Å². The maximum Gasteiger partial charge on any atom is 0.407 e. The third-order valence-electron chi connectivity index (χ3n) is 8.21. The summed E-state index contributed by atoms with van der Waals surface area (Å²) in [7, 11) is 1.84. The van der Waals surface area contributed by atoms with Gasteiger partial charge in [0.25, 0.3) is 0 Å². The first kappa shape index (κ1) is 28.4. The molecular formula is C32H30N10O2. The average molecular weight is 587 g/mol. The lowest BCUT2D eigenvalue weighted by Crippen LogP contribution is -2.48. The molecule has 0 atom stereocenters. The van der Waals surface area contributed by atoms with Crippen LogP contribution in [0.15, 0.2) is 60.0 Å². The Morgan fingerprint density at radius 2 is 1.75 bits per heavy atom. The van der Waals surface area contributed by atoms with Gasteiger partial charge < -0.3 is 19.5 Å². The lowest BCUT2D eigenvalue weighted by Gasteiger charge is -2.34. The Hall–Kier alpha value is -5.75. The molecule has 1 aliphatic rings. The number of hydrogen-bond donors (Lipinski definition) is 1. The molecule has 5 heterocycles. The Bertz CT molecular complexity index is 2090. The SMILES string of the molecule is Cc1cc(-c2ccc3ncc4c(c3c2)n(-c2ccc(C(C)(C)C#N)nc2)c(=NC#N)n4C)cnc1N1CCN(C(=O)O)CC1. The molecule has 1 aromatic carbocycles. The minimum Gasteiger partial charge on any atom is -0.465 e. The fourth-order valence-electron chi connectivity index (χ4n) is 5.71. The predicted octanol–water partition coefficient (Wildman–Crippen LogP) is 4.27. The van der Waals surface area contributed by atoms with Crippen LogP contribution in [-0.2, 0) is 12.5 Å². The lowest BCUT2D eigenvalue weighted by molar-refractivity contribution is 0.142. The molecule has 12 heteroatoms. The molecule has 0 radical (unpaired) electrons. The van der Waals surface area contributed by atoms with Gasteiger partial charge in [-0.1, -0.05) is 6.07 Å². The molecule has 0 spiro atoms. The van der Waals surface area contributed by atoms with Crippen LogP contribution >= 0.6 is 0 Å². The minimum absolute atomic E-state index is 0.418. The van der Waals surface area contributed by atoms with Crippen LogP contribution in [0.3, 0.4) is 0 Å². The summed E-state index contributed by atoms with van der Waals surface area (Å²) < 4.78 is 3.72. The number of rotatable bonds is 4. The van der Waals surface area contributed by atoms with Crippen molar-refractivity contribution in [3.05, 3.63) is 71.9 Å². The van der Waals surface area contributed by atoms with Crippen LogP contribution in [0.2, 0.25) is 0 Å². The van der Waals surface area contributed by atoms with Crippen molar-refractivity contribution in [2.24, 2.45) is 12.0 Å². The van der Waals surface area contributed by atoms with Gasteiger partial charge in [-0.2, -0.15) is 10.5 Å². The first-order valence-corrected chi connectivity index (χ1v) is 14.1. The summed E-state index contributed by atoms with van der Waals surface area (Å²) in [5, 5.41) is 29.3. The molecule has 0 bridgehead atoms. The van der Waals surface area contributed by atoms with Gasteiger partial charge in [-0.3, -0.25) is 14.5 Å². The van der Waals surface area contributed by atoms with Gasteiger partial charge in [0.15, 0.2) is 0 Å². The van der Waals surface area contributed by atoms with E-state index < -0.39 is 11.5 Å². The molecule has 4 aromatic heterocycles. The van der Waals surface area contributed by atoms with E-state index in [0.29, 0.717) is 43.2 Å². The number of carboxylic acid groups (broad SMARTS) is 1. The van der Waals surface area contributed by atoms with Crippen LogP contribution in [0.4, 0.5) is 10.6 Å². The smallest absolute Gasteiger partial charge is 0.407 e. The highest BCUT2D eigenvalue weighted by molar-refractivity contribution is 6.04. The fraction of sp³-hybridized carbons (Fsp3) is 0.281. The second-order valence-corrected chi connectivity index (χ2v) is 11.4. The van der Waals surface area contributed by atoms with Crippen molar-refractivity contribution < 1.29 is 9.90 Å². The number of anilines is 1. The molecule has 0 saturated carbocycles. The number of aryl methyl sites for hydroxylation is 2. The second kappa shape index (κ2) is 10.8. The van der Waals surface area contributed by atoms with Crippen LogP contribution in [-0.4, -0.2) is 66.4 Å². The van der Waals surface area contributed by atoms with Crippen molar-refractivity contribution in [2.45, 2.75) is 26.2 Å². The van der Waals surface area contributed by atoms with Crippen molar-refractivity contribution in [3.8, 4) is 29.1 Å². The Morgan fingerprint density at radius 1 is 0.977 bits per heavy atom. The maximum absolute atomic E-state index is 11.3. The lowest BCUT2D eigenvalue weighted by atomic mass is 9.91. The number of benzene rings is 1. The molecule has 12 nitrogen and oxygen atoms in total. The van der Waals surface area contributed by atoms with Crippen molar-refractivity contribution in [1.82, 2.24) is 29.0 Å². The summed E-state index contributed by atoms with van der Waals surface area (Å²) >= 11 is 0. The van der Waals surface area contributed by atoms with E-state index in [9.17, 15) is 20.4 Å². The highest BCUT2D eigenvalue weighted by atomic mass is 16.4. The van der Waals surface area contributed by atoms with Gasteiger partial charge in [0, 0.05) is 50.4 Å². The monoisotopic (exact) mass is 586 g/mol. The molecule has 1 amide bonds. The van der Waals surface area contributed by atoms with Gasteiger partial charge >= 0.3 is 6.09 Å². The van der Waals surface area contributed by atoms with E-state index >= 15 is 0 Å². The number of pyridine rings is 3. The normalized spacial score (nSPS) is 14.2. The number of carbonyl (C=O) groups is 1. The molecule has 1 N–H and O–H groups in total. The number of imidazole rings is 1. The molecule has 5 aromatic rings. The predicted molar refractivity (Wildman–Crippen MR) is 165 cm³/mol. The summed E-state index contributed by atoms with van der Waals surface area (Å²) in [6.45, 7) is 7.72. The number of nitrogens with zero attached hydrogens (tertiary/aromatic N) is 10. The first-order valence-electron chi connectivity index (χ1n) is 14.1. The highest BCUT2D eigenvalue weighted by Crippen LogP contribution is 2.32. The summed E-state index contributed by atoms with van der Waals surface area (Å²) in [4.78, 5) is 33.1. The molecular weight excluding hydrogens is 556 g/mol. The van der Waals surface area contributed by atoms with E-state index in [1.807, 2.05) is 73.6 Å². The quantitative estimate of drug-likeness (QED) is 0.307. The third kappa shape index (κ3) is 4.76. The summed E-state index contributed by atoms with van der Waals surface area (Å²) in [6.07, 6.45) is 6.35. The number of piperazine rings is 1. The van der Waals surface area contributed by atoms with E-state index in [0.717, 1.165) is 44.4 Å². The maximum atomic E-state index is 11.3. The van der Waals surface area contributed by atoms with Gasteiger partial charge in [-0.25, -0.2) is 9.78 Å². The summed E-state index contributed by atoms with van der Waals surface area (Å²) in [5.74, 6) is 0.850. The highest BCUT2D eigenvalue weighted by Gasteiger charge is 2.24. The van der Waals surface area contributed by atoms with Crippen molar-refractivity contribution in [1.29, 1.82) is 10.5 Å². The van der Waals surface area contributed by atoms with E-state index in [1.165, 1.54) is 4.90 Å². The molecule has 1 fully saturated rings. The van der Waals surface area contributed by atoms with Gasteiger partial charge in [-0.05, 0) is 62.2 Å². The van der Waals surface area contributed by atoms with Gasteiger partial charge in [0.05, 0.1) is 51.8 Å². The summed E-state index contributed by atoms with van der Waals surface area (Å²) in [6, 6.07) is 14.1. The second-order valence-electron chi connectivity index (χ2n) is 11.4. The standard InChI is InChI=1S/C32H30N10O2/c1-20-13-22(15-37-29(20)40-9-11-41(12-10-40)31(43)44)21-5-7-25-24(14-21)28-26(17-35-25)39(4)30(38-19-34)42(28)23-6-8-27(36-16-23)32(2,3)18-33/h5-8,13-17H,9-12H2,1-4H3,(H,43,44). The van der Waals surface area contributed by atoms with Crippen molar-refractivity contribution >= 4 is 33.8 Å². The number of hydrogen-bond acceptors (Lipinski definition) is 8. The van der Waals surface area contributed by atoms with Crippen molar-refractivity contribution in [3.63, 3.8) is 0 Å². The van der Waals surface area contributed by atoms with Crippen LogP contribution in [0, 0.1) is 29.7 Å². The van der Waals surface area contributed by atoms with Crippen LogP contribution in [0.1, 0.15) is 25.1 Å². The third-order valence-corrected chi connectivity index (χ3v) is 8.21. The van der Waals surface area contributed by atoms with Gasteiger partial charge in [0.2, 0.25) is 11.8 Å². The number of fused-ring (bicyclic) bond motifs is 3. The molecule has 0 aliphatic carbocycles. The van der Waals surface area contributed by atoms with Crippen LogP contribution < -0.4 is 10.5 Å². The number of amides is 1. The molecule has 220 valence electrons. The Morgan fingerprint density at radius 3 is 2.39 bits per heavy atom. The van der Waals surface area contributed by atoms with E-state index in [2.05, 4.69) is 33.1 Å². The fourth-order valence-corrected chi connectivity index (χ4v) is 5.71. The molecule has 1 aliphatic heterocycles. The zero-order chi connectivity index (χ0) is 31.2. The zero-order valence-electron chi connectivity index (χ0n) is 24.9. The van der Waals surface area contributed by atoms with E-state index in [1.54, 1.807) is 12.4 Å². The number of nitriles is 2. The Balaban J connectivity index is 1.47. The van der Waals surface area contributed by atoms with Crippen LogP contribution in [0.25, 0.3) is 38.8 Å². The largest absolute Gasteiger partial charge is 0.465 e. The Kier molecular flexibility index (Phi) is 6.98. The first-order chi connectivity index (χ1) is 21.1. The van der Waals surface area contributed by atoms with Crippen molar-refractivity contribution in [2.75, 3.05) is 31.1 Å². The van der Waals surface area contributed by atoms with Crippen LogP contribution in [0.5, 0.6) is 0 Å². The molecule has 0 unspecified atom stereocenters. The number of aromatic nitrogens is 5. The topological polar surface area (TPSA) is 152 Å². The zero-order valence-corrected chi connectivity index (χ0v) is 24.9. The van der Waals surface area contributed by atoms with E-state index in [-0.39, 0.29) is 0 Å². The minimum atomic E-state index is -0.894. The molecule has 44 heavy (non-hydrogen) atoms. The van der Waals surface area contributed by atoms with Gasteiger partial charge in [-0.15, -0.1) is 4.99 Å².